The fourth-order valence-electron chi connectivity index (χ4n) is 5.04. The van der Waals surface area contributed by atoms with E-state index in [0.717, 1.165) is 23.9 Å². The molecule has 1 atom stereocenters. The highest BCUT2D eigenvalue weighted by Gasteiger charge is 2.29. The molecule has 0 amide bonds. The maximum atomic E-state index is 13.1. The van der Waals surface area contributed by atoms with Crippen LogP contribution in [0.3, 0.4) is 0 Å². The molecule has 1 unspecified atom stereocenters. The van der Waals surface area contributed by atoms with Crippen LogP contribution in [0.2, 0.25) is 0 Å². The summed E-state index contributed by atoms with van der Waals surface area (Å²) in [6, 6.07) is 10.6. The quantitative estimate of drug-likeness (QED) is 0.193. The molecule has 0 radical (unpaired) electrons. The van der Waals surface area contributed by atoms with Crippen LogP contribution in [-0.2, 0) is 6.54 Å². The molecule has 0 aliphatic carbocycles. The Bertz CT molecular complexity index is 1910. The predicted molar refractivity (Wildman–Crippen MR) is 152 cm³/mol. The Kier molecular flexibility index (Phi) is 6.61. The molecule has 14 nitrogen and oxygen atoms in total. The molecule has 0 fully saturated rings. The number of fused-ring (bicyclic) bond motifs is 2. The van der Waals surface area contributed by atoms with Crippen molar-refractivity contribution < 1.29 is 19.7 Å². The van der Waals surface area contributed by atoms with Crippen molar-refractivity contribution in [2.75, 3.05) is 7.05 Å². The second-order valence-corrected chi connectivity index (χ2v) is 10.3. The zero-order valence-electron chi connectivity index (χ0n) is 23.4. The third kappa shape index (κ3) is 4.41. The number of nitrogens with one attached hydrogen (secondary N) is 1. The number of phenolic OH excluding ortho intramolecular Hbond substituents is 1. The number of imidazole rings is 1. The van der Waals surface area contributed by atoms with Crippen LogP contribution in [0.5, 0.6) is 11.5 Å². The van der Waals surface area contributed by atoms with Crippen LogP contribution in [0.4, 0.5) is 5.82 Å². The Morgan fingerprint density at radius 1 is 1.19 bits per heavy atom. The summed E-state index contributed by atoms with van der Waals surface area (Å²) in [7, 11) is 1.52. The summed E-state index contributed by atoms with van der Waals surface area (Å²) in [4.78, 5) is 30.1. The van der Waals surface area contributed by atoms with Gasteiger partial charge < -0.3 is 19.5 Å². The van der Waals surface area contributed by atoms with Crippen molar-refractivity contribution in [2.45, 2.75) is 46.0 Å². The first kappa shape index (κ1) is 27.0. The first-order valence-electron chi connectivity index (χ1n) is 13.4. The number of carbonyl (C=O) groups excluding carboxylic acids is 1. The molecule has 1 aliphatic rings. The highest BCUT2D eigenvalue weighted by atomic mass is 16.5. The molecule has 6 rings (SSSR count). The molecule has 42 heavy (non-hydrogen) atoms. The molecule has 3 aromatic heterocycles. The SMILES string of the molecule is CCCn1ccc2cc(-n3c(-c4cc(C(C)C)c(OC(=O)c5ncn6c5N=NN(C)C6O)cc4O)n[nH]c3=O)ccc21. The van der Waals surface area contributed by atoms with Crippen LogP contribution < -0.4 is 10.4 Å². The Morgan fingerprint density at radius 3 is 2.76 bits per heavy atom. The van der Waals surface area contributed by atoms with Gasteiger partial charge in [-0.25, -0.2) is 29.2 Å². The summed E-state index contributed by atoms with van der Waals surface area (Å²) in [6.07, 6.45) is 3.10. The topological polar surface area (TPSA) is 168 Å². The largest absolute Gasteiger partial charge is 0.507 e. The van der Waals surface area contributed by atoms with Crippen LogP contribution in [0.25, 0.3) is 28.0 Å². The second-order valence-electron chi connectivity index (χ2n) is 10.3. The number of aromatic nitrogens is 6. The molecule has 4 heterocycles. The van der Waals surface area contributed by atoms with Gasteiger partial charge in [0, 0.05) is 36.8 Å². The smallest absolute Gasteiger partial charge is 0.366 e. The number of benzene rings is 2. The van der Waals surface area contributed by atoms with E-state index >= 15 is 0 Å². The summed E-state index contributed by atoms with van der Waals surface area (Å²) in [6.45, 7) is 6.80. The number of hydrogen-bond acceptors (Lipinski definition) is 10. The third-order valence-corrected chi connectivity index (χ3v) is 7.17. The van der Waals surface area contributed by atoms with E-state index in [4.69, 9.17) is 4.74 Å². The van der Waals surface area contributed by atoms with Crippen LogP contribution >= 0.6 is 0 Å². The van der Waals surface area contributed by atoms with E-state index in [1.807, 2.05) is 44.3 Å². The molecule has 5 aromatic rings. The summed E-state index contributed by atoms with van der Waals surface area (Å²) in [5, 5.41) is 38.0. The number of H-pyrrole nitrogens is 1. The first-order valence-corrected chi connectivity index (χ1v) is 13.4. The van der Waals surface area contributed by atoms with E-state index in [2.05, 4.69) is 37.0 Å². The van der Waals surface area contributed by atoms with Gasteiger partial charge >= 0.3 is 11.7 Å². The second kappa shape index (κ2) is 10.3. The van der Waals surface area contributed by atoms with Gasteiger partial charge in [0.1, 0.15) is 17.8 Å². The van der Waals surface area contributed by atoms with Gasteiger partial charge in [-0.05, 0) is 48.2 Å². The van der Waals surface area contributed by atoms with E-state index in [1.165, 1.54) is 33.6 Å². The Morgan fingerprint density at radius 2 is 2.00 bits per heavy atom. The number of aromatic hydroxyl groups is 1. The minimum absolute atomic E-state index is 0.0417. The van der Waals surface area contributed by atoms with Crippen LogP contribution in [-0.4, -0.2) is 57.1 Å². The minimum Gasteiger partial charge on any atom is -0.507 e. The lowest BCUT2D eigenvalue weighted by Gasteiger charge is -2.24. The fourth-order valence-corrected chi connectivity index (χ4v) is 5.04. The van der Waals surface area contributed by atoms with E-state index < -0.39 is 18.0 Å². The number of nitrogens with zero attached hydrogens (tertiary/aromatic N) is 8. The monoisotopic (exact) mass is 571 g/mol. The van der Waals surface area contributed by atoms with Gasteiger partial charge in [-0.3, -0.25) is 4.57 Å². The molecule has 3 N–H and O–H groups in total. The molecule has 2 aromatic carbocycles. The fraction of sp³-hybridized carbons (Fsp3) is 0.286. The summed E-state index contributed by atoms with van der Waals surface area (Å²) in [5.74, 6) is -0.889. The Balaban J connectivity index is 1.37. The summed E-state index contributed by atoms with van der Waals surface area (Å²) < 4.78 is 10.5. The Hall–Kier alpha value is -5.24. The van der Waals surface area contributed by atoms with Crippen LogP contribution in [0, 0.1) is 0 Å². The molecule has 14 heteroatoms. The van der Waals surface area contributed by atoms with Crippen LogP contribution in [0.15, 0.2) is 64.1 Å². The molecule has 0 saturated heterocycles. The van der Waals surface area contributed by atoms with Gasteiger partial charge in [0.15, 0.2) is 17.3 Å². The van der Waals surface area contributed by atoms with Gasteiger partial charge in [-0.1, -0.05) is 26.0 Å². The number of aromatic amines is 1. The highest BCUT2D eigenvalue weighted by Crippen LogP contribution is 2.39. The molecular weight excluding hydrogens is 542 g/mol. The number of aliphatic hydroxyl groups excluding tert-OH is 1. The van der Waals surface area contributed by atoms with Crippen molar-refractivity contribution in [3.63, 3.8) is 0 Å². The number of ether oxygens (including phenoxy) is 1. The van der Waals surface area contributed by atoms with Crippen molar-refractivity contribution in [3.8, 4) is 28.6 Å². The van der Waals surface area contributed by atoms with Crippen molar-refractivity contribution in [1.82, 2.24) is 33.9 Å². The van der Waals surface area contributed by atoms with Gasteiger partial charge in [0.25, 0.3) is 0 Å². The molecule has 0 bridgehead atoms. The minimum atomic E-state index is -1.18. The van der Waals surface area contributed by atoms with E-state index in [9.17, 15) is 19.8 Å². The van der Waals surface area contributed by atoms with Crippen molar-refractivity contribution in [1.29, 1.82) is 0 Å². The maximum absolute atomic E-state index is 13.1. The van der Waals surface area contributed by atoms with Gasteiger partial charge in [-0.2, -0.15) is 5.10 Å². The first-order chi connectivity index (χ1) is 20.2. The van der Waals surface area contributed by atoms with Crippen molar-refractivity contribution >= 4 is 22.7 Å². The number of esters is 1. The zero-order valence-corrected chi connectivity index (χ0v) is 23.4. The number of aryl methyl sites for hydroxylation is 1. The van der Waals surface area contributed by atoms with Crippen molar-refractivity contribution in [3.05, 3.63) is 70.7 Å². The number of hydrogen-bond donors (Lipinski definition) is 3. The van der Waals surface area contributed by atoms with E-state index in [0.29, 0.717) is 11.3 Å². The molecule has 0 spiro atoms. The number of aliphatic hydroxyl groups is 1. The van der Waals surface area contributed by atoms with E-state index in [-0.39, 0.29) is 40.3 Å². The van der Waals surface area contributed by atoms with Crippen molar-refractivity contribution in [2.24, 2.45) is 10.3 Å². The lowest BCUT2D eigenvalue weighted by atomic mass is 9.98. The Labute approximate surface area is 239 Å². The molecular formula is C28H29N9O5. The lowest BCUT2D eigenvalue weighted by molar-refractivity contribution is -0.0491. The number of rotatable bonds is 7. The average Bonchev–Trinajstić information content (AvgIpc) is 3.68. The van der Waals surface area contributed by atoms with Gasteiger partial charge in [0.2, 0.25) is 6.35 Å². The summed E-state index contributed by atoms with van der Waals surface area (Å²) >= 11 is 0. The standard InChI is InChI=1S/C28H29N9O5/c1-5-9-35-10-8-16-11-17(6-7-20(16)35)37-24(30-32-27(37)40)19-12-18(15(2)3)22(13-21(19)38)42-26(39)23-25-31-33-34(4)28(41)36(25)14-29-23/h6-8,10-15,28,38,41H,5,9H2,1-4H3,(H,32,40). The average molecular weight is 572 g/mol. The van der Waals surface area contributed by atoms with E-state index in [1.54, 1.807) is 6.07 Å². The maximum Gasteiger partial charge on any atom is 0.366 e. The number of phenols is 1. The van der Waals surface area contributed by atoms with Crippen LogP contribution in [0.1, 0.15) is 55.5 Å². The molecule has 1 aliphatic heterocycles. The number of carbonyl (C=O) groups is 1. The summed E-state index contributed by atoms with van der Waals surface area (Å²) in [5.41, 5.74) is 1.88. The van der Waals surface area contributed by atoms with Gasteiger partial charge in [0.05, 0.1) is 11.3 Å². The molecule has 216 valence electrons. The third-order valence-electron chi connectivity index (χ3n) is 7.17. The predicted octanol–water partition coefficient (Wildman–Crippen LogP) is 4.23. The zero-order chi connectivity index (χ0) is 29.7. The highest BCUT2D eigenvalue weighted by molar-refractivity contribution is 5.94. The lowest BCUT2D eigenvalue weighted by Crippen LogP contribution is -2.26. The molecule has 0 saturated carbocycles. The normalized spacial score (nSPS) is 14.6. The van der Waals surface area contributed by atoms with Gasteiger partial charge in [-0.15, -0.1) is 5.11 Å².